The summed E-state index contributed by atoms with van der Waals surface area (Å²) in [6.45, 7) is -0.274. The maximum atomic E-state index is 12.4. The third kappa shape index (κ3) is 4.94. The Hall–Kier alpha value is -3.61. The number of hydrazine groups is 1. The van der Waals surface area contributed by atoms with Crippen LogP contribution in [0, 0.1) is 0 Å². The van der Waals surface area contributed by atoms with E-state index in [-0.39, 0.29) is 22.5 Å². The van der Waals surface area contributed by atoms with Crippen LogP contribution >= 0.6 is 15.9 Å². The Balaban J connectivity index is 1.97. The monoisotopic (exact) mass is 501 g/mol. The summed E-state index contributed by atoms with van der Waals surface area (Å²) in [5, 5.41) is 12.8. The van der Waals surface area contributed by atoms with Gasteiger partial charge in [0, 0.05) is 0 Å². The fraction of sp³-hybridized carbons (Fsp3) is 0.111. The van der Waals surface area contributed by atoms with Crippen molar-refractivity contribution in [3.05, 3.63) is 52.5 Å². The van der Waals surface area contributed by atoms with Crippen LogP contribution in [0.25, 0.3) is 0 Å². The number of rotatable bonds is 5. The molecular weight excluding hydrogens is 491 g/mol. The van der Waals surface area contributed by atoms with Crippen molar-refractivity contribution in [2.45, 2.75) is 12.9 Å². The number of carbonyl (C=O) groups excluding carboxylic acids is 4. The maximum Gasteiger partial charge on any atom is 0.573 e. The standard InChI is InChI=1S/C18H11BrF3N3O6/c19-12-7-10(3-6-13(12)26)24(25-16(29)14(27)15(28)23-17(25)30)8-9-1-4-11(5-2-9)31-18(20,21)22/h1-7,26H,8H2,(H,23,28,30). The Bertz CT molecular complexity index is 1070. The van der Waals surface area contributed by atoms with Crippen LogP contribution in [0.2, 0.25) is 0 Å². The molecule has 1 fully saturated rings. The number of benzene rings is 2. The van der Waals surface area contributed by atoms with E-state index in [1.165, 1.54) is 30.3 Å². The van der Waals surface area contributed by atoms with E-state index in [0.717, 1.165) is 17.1 Å². The number of carbonyl (C=O) groups is 4. The number of ether oxygens (including phenoxy) is 1. The first-order chi connectivity index (χ1) is 14.5. The van der Waals surface area contributed by atoms with Crippen LogP contribution in [0.4, 0.5) is 23.7 Å². The molecule has 0 unspecified atom stereocenters. The van der Waals surface area contributed by atoms with E-state index in [2.05, 4.69) is 20.7 Å². The van der Waals surface area contributed by atoms with Gasteiger partial charge in [-0.05, 0) is 51.8 Å². The molecule has 0 bridgehead atoms. The largest absolute Gasteiger partial charge is 0.573 e. The van der Waals surface area contributed by atoms with Crippen LogP contribution in [0.15, 0.2) is 46.9 Å². The number of alkyl halides is 3. The Kier molecular flexibility index (Phi) is 5.88. The zero-order valence-electron chi connectivity index (χ0n) is 15.1. The molecule has 13 heteroatoms. The molecule has 162 valence electrons. The number of phenols is 1. The van der Waals surface area contributed by atoms with Crippen molar-refractivity contribution in [2.24, 2.45) is 0 Å². The second kappa shape index (κ2) is 8.26. The minimum absolute atomic E-state index is 0.144. The van der Waals surface area contributed by atoms with Crippen molar-refractivity contribution in [1.29, 1.82) is 0 Å². The quantitative estimate of drug-likeness (QED) is 0.604. The van der Waals surface area contributed by atoms with Crippen LogP contribution in [0.1, 0.15) is 5.56 Å². The highest BCUT2D eigenvalue weighted by atomic mass is 79.9. The lowest BCUT2D eigenvalue weighted by Crippen LogP contribution is -2.64. The number of imide groups is 2. The summed E-state index contributed by atoms with van der Waals surface area (Å²) in [6.07, 6.45) is -4.88. The zero-order valence-corrected chi connectivity index (χ0v) is 16.7. The van der Waals surface area contributed by atoms with Crippen molar-refractivity contribution in [3.8, 4) is 11.5 Å². The summed E-state index contributed by atoms with van der Waals surface area (Å²) in [5.74, 6) is -4.92. The predicted molar refractivity (Wildman–Crippen MR) is 101 cm³/mol. The fourth-order valence-electron chi connectivity index (χ4n) is 2.61. The Morgan fingerprint density at radius 1 is 1.06 bits per heavy atom. The number of Topliss-reactive ketones (excluding diaryl/α,β-unsaturated/α-hetero) is 1. The lowest BCUT2D eigenvalue weighted by atomic mass is 10.2. The SMILES string of the molecule is O=C1NC(=O)N(N(Cc2ccc(OC(F)(F)F)cc2)c2ccc(O)c(Br)c2)C(=O)C1=O. The highest BCUT2D eigenvalue weighted by Gasteiger charge is 2.43. The molecule has 0 radical (unpaired) electrons. The minimum atomic E-state index is -4.88. The summed E-state index contributed by atoms with van der Waals surface area (Å²) in [4.78, 5) is 47.9. The number of urea groups is 1. The molecule has 1 aliphatic rings. The number of halogens is 4. The highest BCUT2D eigenvalue weighted by Crippen LogP contribution is 2.31. The second-order valence-corrected chi connectivity index (χ2v) is 6.94. The summed E-state index contributed by atoms with van der Waals surface area (Å²) in [6, 6.07) is 7.26. The number of nitrogens with zero attached hydrogens (tertiary/aromatic N) is 2. The van der Waals surface area contributed by atoms with Crippen molar-refractivity contribution < 1.29 is 42.2 Å². The molecule has 0 aromatic heterocycles. The van der Waals surface area contributed by atoms with Gasteiger partial charge in [-0.25, -0.2) is 4.79 Å². The number of anilines is 1. The van der Waals surface area contributed by atoms with Gasteiger partial charge in [-0.3, -0.25) is 24.7 Å². The molecule has 2 N–H and O–H groups in total. The van der Waals surface area contributed by atoms with Crippen LogP contribution in [0.5, 0.6) is 11.5 Å². The van der Waals surface area contributed by atoms with Crippen molar-refractivity contribution in [3.63, 3.8) is 0 Å². The van der Waals surface area contributed by atoms with Crippen LogP contribution in [0.3, 0.4) is 0 Å². The average Bonchev–Trinajstić information content (AvgIpc) is 2.68. The molecule has 1 heterocycles. The van der Waals surface area contributed by atoms with Gasteiger partial charge in [0.05, 0.1) is 16.7 Å². The van der Waals surface area contributed by atoms with Crippen molar-refractivity contribution in [1.82, 2.24) is 10.3 Å². The lowest BCUT2D eigenvalue weighted by molar-refractivity contribution is -0.274. The fourth-order valence-corrected chi connectivity index (χ4v) is 2.98. The van der Waals surface area contributed by atoms with Crippen molar-refractivity contribution >= 4 is 45.2 Å². The van der Waals surface area contributed by atoms with Gasteiger partial charge in [-0.1, -0.05) is 12.1 Å². The highest BCUT2D eigenvalue weighted by molar-refractivity contribution is 9.10. The lowest BCUT2D eigenvalue weighted by Gasteiger charge is -2.36. The van der Waals surface area contributed by atoms with E-state index >= 15 is 0 Å². The molecule has 1 aliphatic heterocycles. The topological polar surface area (TPSA) is 116 Å². The van der Waals surface area contributed by atoms with E-state index in [1.807, 2.05) is 0 Å². The summed E-state index contributed by atoms with van der Waals surface area (Å²) in [7, 11) is 0. The van der Waals surface area contributed by atoms with Gasteiger partial charge in [0.15, 0.2) is 0 Å². The average molecular weight is 502 g/mol. The summed E-state index contributed by atoms with van der Waals surface area (Å²) < 4.78 is 41.0. The van der Waals surface area contributed by atoms with E-state index in [1.54, 1.807) is 5.32 Å². The number of ketones is 1. The number of amides is 4. The molecule has 4 amide bonds. The molecule has 0 aliphatic carbocycles. The van der Waals surface area contributed by atoms with E-state index in [0.29, 0.717) is 10.6 Å². The number of hydrogen-bond donors (Lipinski definition) is 2. The summed E-state index contributed by atoms with van der Waals surface area (Å²) >= 11 is 3.09. The number of barbiturate groups is 1. The number of phenolic OH excluding ortho intramolecular Hbond substituents is 1. The van der Waals surface area contributed by atoms with Gasteiger partial charge in [0.25, 0.3) is 0 Å². The first kappa shape index (κ1) is 22.1. The third-order valence-corrected chi connectivity index (χ3v) is 4.60. The molecule has 2 aromatic rings. The van der Waals surface area contributed by atoms with E-state index < -0.39 is 35.7 Å². The zero-order chi connectivity index (χ0) is 22.9. The Morgan fingerprint density at radius 3 is 2.29 bits per heavy atom. The summed E-state index contributed by atoms with van der Waals surface area (Å²) in [5.41, 5.74) is 0.467. The van der Waals surface area contributed by atoms with Crippen molar-refractivity contribution in [2.75, 3.05) is 5.01 Å². The number of hydrogen-bond acceptors (Lipinski definition) is 7. The van der Waals surface area contributed by atoms with Gasteiger partial charge < -0.3 is 9.84 Å². The van der Waals surface area contributed by atoms with Gasteiger partial charge >= 0.3 is 30.0 Å². The first-order valence-electron chi connectivity index (χ1n) is 8.30. The maximum absolute atomic E-state index is 12.4. The van der Waals surface area contributed by atoms with Gasteiger partial charge in [0.2, 0.25) is 0 Å². The minimum Gasteiger partial charge on any atom is -0.507 e. The van der Waals surface area contributed by atoms with E-state index in [9.17, 15) is 37.5 Å². The second-order valence-electron chi connectivity index (χ2n) is 6.09. The van der Waals surface area contributed by atoms with Crippen LogP contribution in [-0.4, -0.2) is 40.1 Å². The number of nitrogens with one attached hydrogen (secondary N) is 1. The molecule has 9 nitrogen and oxygen atoms in total. The smallest absolute Gasteiger partial charge is 0.507 e. The normalized spacial score (nSPS) is 14.5. The third-order valence-electron chi connectivity index (χ3n) is 3.97. The van der Waals surface area contributed by atoms with Gasteiger partial charge in [0.1, 0.15) is 11.5 Å². The van der Waals surface area contributed by atoms with Crippen LogP contribution < -0.4 is 15.1 Å². The molecule has 31 heavy (non-hydrogen) atoms. The Labute approximate surface area is 180 Å². The van der Waals surface area contributed by atoms with Crippen LogP contribution in [-0.2, 0) is 20.9 Å². The first-order valence-corrected chi connectivity index (χ1v) is 9.10. The molecule has 0 saturated carbocycles. The molecule has 2 aromatic carbocycles. The Morgan fingerprint density at radius 2 is 1.71 bits per heavy atom. The van der Waals surface area contributed by atoms with E-state index in [4.69, 9.17) is 0 Å². The molecule has 0 spiro atoms. The molecule has 0 atom stereocenters. The molecular formula is C18H11BrF3N3O6. The molecule has 3 rings (SSSR count). The number of aromatic hydroxyl groups is 1. The molecule has 1 saturated heterocycles. The predicted octanol–water partition coefficient (Wildman–Crippen LogP) is 2.62. The van der Waals surface area contributed by atoms with Gasteiger partial charge in [-0.15, -0.1) is 13.2 Å². The van der Waals surface area contributed by atoms with Gasteiger partial charge in [-0.2, -0.15) is 5.01 Å².